The van der Waals surface area contributed by atoms with Crippen molar-refractivity contribution in [1.82, 2.24) is 20.7 Å². The molecule has 2 atom stereocenters. The van der Waals surface area contributed by atoms with Gasteiger partial charge in [0.2, 0.25) is 0 Å². The summed E-state index contributed by atoms with van der Waals surface area (Å²) in [6.07, 6.45) is 2.05. The second kappa shape index (κ2) is 11.9. The molecule has 0 bridgehead atoms. The lowest BCUT2D eigenvalue weighted by Crippen LogP contribution is -2.45. The van der Waals surface area contributed by atoms with Gasteiger partial charge in [0.25, 0.3) is 5.91 Å². The zero-order chi connectivity index (χ0) is 25.4. The molecule has 0 fully saturated rings. The van der Waals surface area contributed by atoms with Gasteiger partial charge in [-0.05, 0) is 56.0 Å². The number of esters is 1. The summed E-state index contributed by atoms with van der Waals surface area (Å²) in [6, 6.07) is 11.2. The van der Waals surface area contributed by atoms with Crippen LogP contribution in [-0.2, 0) is 20.7 Å². The van der Waals surface area contributed by atoms with Crippen molar-refractivity contribution in [2.45, 2.75) is 32.7 Å². The summed E-state index contributed by atoms with van der Waals surface area (Å²) in [4.78, 5) is 25.4. The molecule has 186 valence electrons. The number of carbonyl (C=O) groups excluding carboxylic acids is 2. The molecule has 0 aliphatic heterocycles. The predicted octanol–water partition coefficient (Wildman–Crippen LogP) is 4.21. The third kappa shape index (κ3) is 6.86. The summed E-state index contributed by atoms with van der Waals surface area (Å²) < 4.78 is 24.8. The van der Waals surface area contributed by atoms with Crippen LogP contribution in [0.5, 0.6) is 0 Å². The first-order valence-corrected chi connectivity index (χ1v) is 11.5. The van der Waals surface area contributed by atoms with E-state index in [1.54, 1.807) is 32.0 Å². The van der Waals surface area contributed by atoms with Crippen LogP contribution >= 0.6 is 11.6 Å². The van der Waals surface area contributed by atoms with E-state index < -0.39 is 23.3 Å². The molecular weight excluding hydrogens is 475 g/mol. The number of hydrogen-bond donors (Lipinski definition) is 2. The van der Waals surface area contributed by atoms with Crippen molar-refractivity contribution in [2.75, 3.05) is 20.3 Å². The Hall–Kier alpha value is -3.30. The van der Waals surface area contributed by atoms with Crippen LogP contribution in [0.2, 0.25) is 5.02 Å². The first kappa shape index (κ1) is 26.3. The van der Waals surface area contributed by atoms with Crippen LogP contribution in [0.1, 0.15) is 36.3 Å². The van der Waals surface area contributed by atoms with Crippen molar-refractivity contribution >= 4 is 23.5 Å². The van der Waals surface area contributed by atoms with Gasteiger partial charge in [0, 0.05) is 23.7 Å². The Morgan fingerprint density at radius 2 is 1.97 bits per heavy atom. The number of halogens is 2. The molecule has 2 N–H and O–H groups in total. The third-order valence-electron chi connectivity index (χ3n) is 5.59. The molecule has 8 nitrogen and oxygen atoms in total. The van der Waals surface area contributed by atoms with E-state index in [2.05, 4.69) is 20.7 Å². The fourth-order valence-electron chi connectivity index (χ4n) is 3.94. The number of benzene rings is 2. The maximum atomic E-state index is 14.3. The Labute approximate surface area is 208 Å². The molecular formula is C25H28ClFN4O4. The second-order valence-electron chi connectivity index (χ2n) is 8.47. The standard InChI is InChI=1S/C25H28ClFN4O4/c1-4-35-24(33)25(2,15-34-3)13-19(29-23(32)22-14-28-31-30-22)11-16-5-7-17(8-6-16)20-12-18(26)9-10-21(20)27/h5-10,12,14,19H,4,11,13,15H2,1-3H3,(H,29,32)(H,28,30,31)/t19-,25+/m1/s1. The van der Waals surface area contributed by atoms with E-state index in [0.29, 0.717) is 22.6 Å². The molecule has 0 radical (unpaired) electrons. The number of nitrogens with one attached hydrogen (secondary N) is 2. The van der Waals surface area contributed by atoms with Gasteiger partial charge in [-0.25, -0.2) is 4.39 Å². The molecule has 0 unspecified atom stereocenters. The maximum Gasteiger partial charge on any atom is 0.314 e. The van der Waals surface area contributed by atoms with Crippen LogP contribution in [0.4, 0.5) is 4.39 Å². The lowest BCUT2D eigenvalue weighted by Gasteiger charge is -2.31. The predicted molar refractivity (Wildman–Crippen MR) is 129 cm³/mol. The smallest absolute Gasteiger partial charge is 0.314 e. The van der Waals surface area contributed by atoms with Crippen LogP contribution in [0, 0.1) is 11.2 Å². The van der Waals surface area contributed by atoms with Crippen LogP contribution in [0.3, 0.4) is 0 Å². The van der Waals surface area contributed by atoms with Gasteiger partial charge in [-0.3, -0.25) is 14.7 Å². The van der Waals surface area contributed by atoms with Crippen molar-refractivity contribution in [3.05, 3.63) is 70.8 Å². The highest BCUT2D eigenvalue weighted by atomic mass is 35.5. The highest BCUT2D eigenvalue weighted by Gasteiger charge is 2.38. The Bertz CT molecular complexity index is 1140. The topological polar surface area (TPSA) is 106 Å². The first-order chi connectivity index (χ1) is 16.8. The molecule has 1 amide bonds. The van der Waals surface area contributed by atoms with Crippen LogP contribution in [-0.4, -0.2) is 53.7 Å². The molecule has 2 aromatic carbocycles. The SMILES string of the molecule is CCOC(=O)[C@](C)(COC)C[C@@H](Cc1ccc(-c2cc(Cl)ccc2F)cc1)NC(=O)c1c[nH]nn1. The Morgan fingerprint density at radius 1 is 1.23 bits per heavy atom. The summed E-state index contributed by atoms with van der Waals surface area (Å²) in [5.41, 5.74) is 1.09. The molecule has 1 aromatic heterocycles. The van der Waals surface area contributed by atoms with Crippen molar-refractivity contribution in [2.24, 2.45) is 5.41 Å². The van der Waals surface area contributed by atoms with Gasteiger partial charge in [0.15, 0.2) is 5.69 Å². The summed E-state index contributed by atoms with van der Waals surface area (Å²) >= 11 is 6.03. The third-order valence-corrected chi connectivity index (χ3v) is 5.82. The second-order valence-corrected chi connectivity index (χ2v) is 8.91. The zero-order valence-electron chi connectivity index (χ0n) is 19.8. The van der Waals surface area contributed by atoms with E-state index in [4.69, 9.17) is 21.1 Å². The molecule has 10 heteroatoms. The molecule has 3 aromatic rings. The van der Waals surface area contributed by atoms with Crippen molar-refractivity contribution in [1.29, 1.82) is 0 Å². The molecule has 0 saturated heterocycles. The van der Waals surface area contributed by atoms with Gasteiger partial charge in [0.05, 0.1) is 24.8 Å². The number of aromatic amines is 1. The number of H-pyrrole nitrogens is 1. The average Bonchev–Trinajstić information content (AvgIpc) is 3.37. The summed E-state index contributed by atoms with van der Waals surface area (Å²) in [6.45, 7) is 3.83. The molecule has 0 saturated carbocycles. The van der Waals surface area contributed by atoms with Crippen LogP contribution in [0.15, 0.2) is 48.7 Å². The van der Waals surface area contributed by atoms with E-state index in [9.17, 15) is 14.0 Å². The minimum atomic E-state index is -0.990. The highest BCUT2D eigenvalue weighted by Crippen LogP contribution is 2.29. The molecule has 0 aliphatic rings. The van der Waals surface area contributed by atoms with Crippen molar-refractivity contribution in [3.63, 3.8) is 0 Å². The molecule has 0 spiro atoms. The quantitative estimate of drug-likeness (QED) is 0.380. The monoisotopic (exact) mass is 502 g/mol. The minimum Gasteiger partial charge on any atom is -0.466 e. The lowest BCUT2D eigenvalue weighted by atomic mass is 9.82. The lowest BCUT2D eigenvalue weighted by molar-refractivity contribution is -0.158. The van der Waals surface area contributed by atoms with Gasteiger partial charge >= 0.3 is 5.97 Å². The minimum absolute atomic E-state index is 0.120. The number of rotatable bonds is 11. The van der Waals surface area contributed by atoms with Crippen LogP contribution in [0.25, 0.3) is 11.1 Å². The van der Waals surface area contributed by atoms with Gasteiger partial charge in [-0.2, -0.15) is 0 Å². The van der Waals surface area contributed by atoms with Gasteiger partial charge in [0.1, 0.15) is 5.82 Å². The number of ether oxygens (including phenoxy) is 2. The fraction of sp³-hybridized carbons (Fsp3) is 0.360. The van der Waals surface area contributed by atoms with Crippen molar-refractivity contribution in [3.8, 4) is 11.1 Å². The maximum absolute atomic E-state index is 14.3. The summed E-state index contributed by atoms with van der Waals surface area (Å²) in [5.74, 6) is -1.20. The first-order valence-electron chi connectivity index (χ1n) is 11.1. The number of amides is 1. The Morgan fingerprint density at radius 3 is 2.60 bits per heavy atom. The fourth-order valence-corrected chi connectivity index (χ4v) is 4.11. The van der Waals surface area contributed by atoms with E-state index in [1.165, 1.54) is 25.4 Å². The molecule has 35 heavy (non-hydrogen) atoms. The zero-order valence-corrected chi connectivity index (χ0v) is 20.6. The number of carbonyl (C=O) groups is 2. The van der Waals surface area contributed by atoms with E-state index in [0.717, 1.165) is 5.56 Å². The number of hydrogen-bond acceptors (Lipinski definition) is 6. The molecule has 0 aliphatic carbocycles. The van der Waals surface area contributed by atoms with Gasteiger partial charge in [-0.15, -0.1) is 5.10 Å². The number of nitrogens with zero attached hydrogens (tertiary/aromatic N) is 2. The van der Waals surface area contributed by atoms with E-state index in [1.807, 2.05) is 12.1 Å². The van der Waals surface area contributed by atoms with Gasteiger partial charge < -0.3 is 14.8 Å². The van der Waals surface area contributed by atoms with Crippen LogP contribution < -0.4 is 5.32 Å². The van der Waals surface area contributed by atoms with E-state index in [-0.39, 0.29) is 31.1 Å². The summed E-state index contributed by atoms with van der Waals surface area (Å²) in [7, 11) is 1.51. The Kier molecular flexibility index (Phi) is 8.95. The number of aromatic nitrogens is 3. The highest BCUT2D eigenvalue weighted by molar-refractivity contribution is 6.30. The Balaban J connectivity index is 1.85. The molecule has 1 heterocycles. The van der Waals surface area contributed by atoms with Gasteiger partial charge in [-0.1, -0.05) is 41.1 Å². The average molecular weight is 503 g/mol. The van der Waals surface area contributed by atoms with E-state index >= 15 is 0 Å². The largest absolute Gasteiger partial charge is 0.466 e. The summed E-state index contributed by atoms with van der Waals surface area (Å²) in [5, 5.41) is 13.2. The molecule has 3 rings (SSSR count). The normalized spacial score (nSPS) is 13.6. The van der Waals surface area contributed by atoms with Crippen molar-refractivity contribution < 1.29 is 23.5 Å². The number of methoxy groups -OCH3 is 1.